The van der Waals surface area contributed by atoms with Crippen LogP contribution in [0.2, 0.25) is 0 Å². The van der Waals surface area contributed by atoms with Crippen molar-refractivity contribution in [2.45, 2.75) is 17.1 Å². The van der Waals surface area contributed by atoms with E-state index in [1.807, 2.05) is 6.92 Å². The van der Waals surface area contributed by atoms with Gasteiger partial charge in [0.15, 0.2) is 9.84 Å². The molecular weight excluding hydrogens is 348 g/mol. The lowest BCUT2D eigenvalue weighted by Gasteiger charge is -2.15. The van der Waals surface area contributed by atoms with Gasteiger partial charge in [0, 0.05) is 18.6 Å². The van der Waals surface area contributed by atoms with Gasteiger partial charge in [-0.05, 0) is 48.9 Å². The van der Waals surface area contributed by atoms with E-state index in [-0.39, 0.29) is 4.90 Å². The van der Waals surface area contributed by atoms with Crippen molar-refractivity contribution in [2.24, 2.45) is 0 Å². The lowest BCUT2D eigenvalue weighted by molar-refractivity contribution is 0.414. The number of rotatable bonds is 6. The normalized spacial score (nSPS) is 13.0. The number of benzene rings is 2. The molecule has 0 amide bonds. The second-order valence-corrected chi connectivity index (χ2v) is 7.95. The maximum atomic E-state index is 13.2. The summed E-state index contributed by atoms with van der Waals surface area (Å²) in [7, 11) is -2.04. The Morgan fingerprint density at radius 3 is 2.35 bits per heavy atom. The molecule has 1 aromatic heterocycles. The molecule has 0 aliphatic heterocycles. The minimum absolute atomic E-state index is 0.286. The molecule has 0 saturated carbocycles. The molecule has 0 bridgehead atoms. The maximum absolute atomic E-state index is 13.2. The first kappa shape index (κ1) is 17.9. The van der Waals surface area contributed by atoms with Crippen LogP contribution in [0.15, 0.2) is 78.0 Å². The van der Waals surface area contributed by atoms with Crippen molar-refractivity contribution < 1.29 is 13.2 Å². The van der Waals surface area contributed by atoms with Gasteiger partial charge in [-0.1, -0.05) is 29.8 Å². The van der Waals surface area contributed by atoms with Crippen molar-refractivity contribution in [3.63, 3.8) is 0 Å². The van der Waals surface area contributed by atoms with Crippen LogP contribution in [0.1, 0.15) is 16.4 Å². The summed E-state index contributed by atoms with van der Waals surface area (Å²) in [4.78, 5) is 0.286. The minimum atomic E-state index is -3.61. The third-order valence-electron chi connectivity index (χ3n) is 4.07. The molecule has 6 heteroatoms. The van der Waals surface area contributed by atoms with Gasteiger partial charge in [-0.3, -0.25) is 0 Å². The Bertz CT molecular complexity index is 975. The lowest BCUT2D eigenvalue weighted by atomic mass is 10.1. The predicted molar refractivity (Wildman–Crippen MR) is 102 cm³/mol. The molecule has 1 atom stereocenters. The van der Waals surface area contributed by atoms with Gasteiger partial charge in [-0.2, -0.15) is 5.10 Å². The number of aryl methyl sites for hydroxylation is 1. The van der Waals surface area contributed by atoms with Gasteiger partial charge >= 0.3 is 0 Å². The van der Waals surface area contributed by atoms with E-state index < -0.39 is 15.1 Å². The van der Waals surface area contributed by atoms with Crippen molar-refractivity contribution in [1.29, 1.82) is 0 Å². The number of hydrogen-bond acceptors (Lipinski definition) is 4. The van der Waals surface area contributed by atoms with Crippen LogP contribution in [0.5, 0.6) is 5.75 Å². The third-order valence-corrected chi connectivity index (χ3v) is 6.09. The Morgan fingerprint density at radius 1 is 1.08 bits per heavy atom. The lowest BCUT2D eigenvalue weighted by Crippen LogP contribution is -2.12. The highest BCUT2D eigenvalue weighted by Crippen LogP contribution is 2.31. The molecular formula is C20H20N2O3S. The van der Waals surface area contributed by atoms with Crippen molar-refractivity contribution in [2.75, 3.05) is 7.11 Å². The average Bonchev–Trinajstić information content (AvgIpc) is 3.16. The average molecular weight is 368 g/mol. The molecule has 26 heavy (non-hydrogen) atoms. The van der Waals surface area contributed by atoms with Crippen LogP contribution in [0.25, 0.3) is 6.20 Å². The summed E-state index contributed by atoms with van der Waals surface area (Å²) in [5.41, 5.74) is 1.67. The number of ether oxygens (including phenoxy) is 1. The van der Waals surface area contributed by atoms with E-state index in [4.69, 9.17) is 4.74 Å². The molecule has 0 aliphatic rings. The Labute approximate surface area is 153 Å². The molecule has 134 valence electrons. The molecule has 0 aliphatic carbocycles. The van der Waals surface area contributed by atoms with Crippen LogP contribution in [-0.2, 0) is 9.84 Å². The summed E-state index contributed by atoms with van der Waals surface area (Å²) in [6.45, 7) is 1.93. The van der Waals surface area contributed by atoms with Gasteiger partial charge < -0.3 is 4.74 Å². The molecule has 0 N–H and O–H groups in total. The van der Waals surface area contributed by atoms with Gasteiger partial charge in [0.05, 0.1) is 12.0 Å². The summed E-state index contributed by atoms with van der Waals surface area (Å²) in [6, 6.07) is 15.7. The van der Waals surface area contributed by atoms with Gasteiger partial charge in [0.2, 0.25) is 0 Å². The molecule has 3 rings (SSSR count). The quantitative estimate of drug-likeness (QED) is 0.662. The predicted octanol–water partition coefficient (Wildman–Crippen LogP) is 3.89. The smallest absolute Gasteiger partial charge is 0.189 e. The van der Waals surface area contributed by atoms with Crippen molar-refractivity contribution in [3.8, 4) is 5.75 Å². The fraction of sp³-hybridized carbons (Fsp3) is 0.150. The summed E-state index contributed by atoms with van der Waals surface area (Å²) in [5, 5.41) is 3.26. The second-order valence-electron chi connectivity index (χ2n) is 5.88. The molecule has 2 aromatic carbocycles. The summed E-state index contributed by atoms with van der Waals surface area (Å²) in [6.07, 6.45) is 6.69. The number of aromatic nitrogens is 2. The van der Waals surface area contributed by atoms with Gasteiger partial charge in [0.1, 0.15) is 11.0 Å². The highest BCUT2D eigenvalue weighted by Gasteiger charge is 2.27. The zero-order valence-corrected chi connectivity index (χ0v) is 15.4. The first-order valence-electron chi connectivity index (χ1n) is 8.12. The van der Waals surface area contributed by atoms with E-state index in [1.54, 1.807) is 91.1 Å². The van der Waals surface area contributed by atoms with Crippen LogP contribution in [0, 0.1) is 6.92 Å². The van der Waals surface area contributed by atoms with Crippen LogP contribution in [0.4, 0.5) is 0 Å². The fourth-order valence-corrected chi connectivity index (χ4v) is 4.20. The van der Waals surface area contributed by atoms with E-state index in [9.17, 15) is 8.42 Å². The zero-order chi connectivity index (χ0) is 18.6. The monoisotopic (exact) mass is 368 g/mol. The first-order valence-corrected chi connectivity index (χ1v) is 9.67. The number of sulfone groups is 1. The minimum Gasteiger partial charge on any atom is -0.497 e. The second kappa shape index (κ2) is 7.58. The summed E-state index contributed by atoms with van der Waals surface area (Å²) < 4.78 is 33.2. The topological polar surface area (TPSA) is 61.2 Å². The highest BCUT2D eigenvalue weighted by molar-refractivity contribution is 7.91. The molecule has 1 unspecified atom stereocenters. The van der Waals surface area contributed by atoms with Gasteiger partial charge in [0.25, 0.3) is 0 Å². The van der Waals surface area contributed by atoms with Crippen LogP contribution in [-0.4, -0.2) is 25.3 Å². The van der Waals surface area contributed by atoms with E-state index >= 15 is 0 Å². The molecule has 1 heterocycles. The van der Waals surface area contributed by atoms with E-state index in [0.717, 1.165) is 5.56 Å². The van der Waals surface area contributed by atoms with Gasteiger partial charge in [-0.15, -0.1) is 0 Å². The van der Waals surface area contributed by atoms with Crippen molar-refractivity contribution >= 4 is 16.0 Å². The maximum Gasteiger partial charge on any atom is 0.189 e. The molecule has 3 aromatic rings. The van der Waals surface area contributed by atoms with Gasteiger partial charge in [-0.25, -0.2) is 13.1 Å². The Morgan fingerprint density at radius 2 is 1.77 bits per heavy atom. The number of nitrogens with zero attached hydrogens (tertiary/aromatic N) is 2. The Balaban J connectivity index is 2.05. The number of methoxy groups -OCH3 is 1. The summed E-state index contributed by atoms with van der Waals surface area (Å²) in [5.74, 6) is 0.677. The fourth-order valence-electron chi connectivity index (χ4n) is 2.60. The molecule has 0 fully saturated rings. The Kier molecular flexibility index (Phi) is 5.23. The Hall–Kier alpha value is -2.86. The largest absolute Gasteiger partial charge is 0.497 e. The van der Waals surface area contributed by atoms with Crippen molar-refractivity contribution in [1.82, 2.24) is 9.78 Å². The third kappa shape index (κ3) is 3.86. The van der Waals surface area contributed by atoms with Crippen LogP contribution < -0.4 is 4.74 Å². The standard InChI is InChI=1S/C20H20N2O3S/c1-16-4-10-19(11-5-16)26(23,24)20(12-15-22-14-3-13-21-22)17-6-8-18(25-2)9-7-17/h3-15,20H,1-2H3/b15-12+. The molecule has 0 spiro atoms. The van der Waals surface area contributed by atoms with E-state index in [2.05, 4.69) is 5.10 Å². The SMILES string of the molecule is COc1ccc(C(/C=C/n2cccn2)S(=O)(=O)c2ccc(C)cc2)cc1. The van der Waals surface area contributed by atoms with Crippen LogP contribution in [0.3, 0.4) is 0 Å². The van der Waals surface area contributed by atoms with Crippen molar-refractivity contribution in [3.05, 3.63) is 84.2 Å². The highest BCUT2D eigenvalue weighted by atomic mass is 32.2. The zero-order valence-electron chi connectivity index (χ0n) is 14.6. The van der Waals surface area contributed by atoms with Crippen LogP contribution >= 0.6 is 0 Å². The molecule has 0 radical (unpaired) electrons. The summed E-state index contributed by atoms with van der Waals surface area (Å²) >= 11 is 0. The number of hydrogen-bond donors (Lipinski definition) is 0. The first-order chi connectivity index (χ1) is 12.5. The van der Waals surface area contributed by atoms with E-state index in [0.29, 0.717) is 11.3 Å². The molecule has 0 saturated heterocycles. The van der Waals surface area contributed by atoms with E-state index in [1.165, 1.54) is 0 Å². The molecule has 5 nitrogen and oxygen atoms in total.